The van der Waals surface area contributed by atoms with E-state index in [9.17, 15) is 0 Å². The van der Waals surface area contributed by atoms with Crippen LogP contribution in [0.3, 0.4) is 0 Å². The monoisotopic (exact) mass is 241 g/mol. The van der Waals surface area contributed by atoms with Gasteiger partial charge in [-0.1, -0.05) is 24.6 Å². The summed E-state index contributed by atoms with van der Waals surface area (Å²) < 4.78 is 0. The summed E-state index contributed by atoms with van der Waals surface area (Å²) in [5, 5.41) is 4.54. The minimum absolute atomic E-state index is 0.594. The lowest BCUT2D eigenvalue weighted by atomic mass is 10.2. The molecule has 0 aromatic carbocycles. The maximum Gasteiger partial charge on any atom is 0.156 e. The summed E-state index contributed by atoms with van der Waals surface area (Å²) in [6, 6.07) is 1.42. The quantitative estimate of drug-likeness (QED) is 0.815. The first kappa shape index (κ1) is 12.2. The second-order valence-corrected chi connectivity index (χ2v) is 5.97. The molecule has 2 rings (SSSR count). The third-order valence-electron chi connectivity index (χ3n) is 3.50. The van der Waals surface area contributed by atoms with E-state index in [-0.39, 0.29) is 0 Å². The zero-order valence-electron chi connectivity index (χ0n) is 10.4. The Hall–Kier alpha value is -0.220. The van der Waals surface area contributed by atoms with Crippen molar-refractivity contribution in [1.82, 2.24) is 10.2 Å². The zero-order chi connectivity index (χ0) is 11.4. The molecule has 1 aliphatic heterocycles. The lowest BCUT2D eigenvalue weighted by molar-refractivity contribution is 0.252. The average Bonchev–Trinajstić information content (AvgIpc) is 2.89. The van der Waals surface area contributed by atoms with E-state index in [1.807, 2.05) is 11.8 Å². The van der Waals surface area contributed by atoms with Gasteiger partial charge in [0.15, 0.2) is 5.17 Å². The van der Waals surface area contributed by atoms with Crippen LogP contribution in [0.5, 0.6) is 0 Å². The van der Waals surface area contributed by atoms with Gasteiger partial charge in [0, 0.05) is 24.4 Å². The van der Waals surface area contributed by atoms with Crippen LogP contribution in [0.25, 0.3) is 0 Å². The zero-order valence-corrected chi connectivity index (χ0v) is 11.2. The first-order valence-corrected chi connectivity index (χ1v) is 7.38. The van der Waals surface area contributed by atoms with Crippen molar-refractivity contribution in [2.75, 3.05) is 25.9 Å². The molecule has 0 spiro atoms. The fraction of sp³-hybridized carbons (Fsp3) is 0.917. The standard InChI is InChI=1S/C12H23N3S/c1-10-9-16-12(14-10)13-7-8-15(2)11-5-3-4-6-11/h10-11H,3-9H2,1-2H3,(H,13,14). The molecule has 0 radical (unpaired) electrons. The van der Waals surface area contributed by atoms with Gasteiger partial charge in [-0.05, 0) is 26.8 Å². The predicted molar refractivity (Wildman–Crippen MR) is 72.2 cm³/mol. The van der Waals surface area contributed by atoms with Crippen LogP contribution in [0.2, 0.25) is 0 Å². The van der Waals surface area contributed by atoms with Crippen LogP contribution in [-0.2, 0) is 0 Å². The van der Waals surface area contributed by atoms with Crippen molar-refractivity contribution in [1.29, 1.82) is 0 Å². The summed E-state index contributed by atoms with van der Waals surface area (Å²) in [5.74, 6) is 1.16. The first-order valence-electron chi connectivity index (χ1n) is 6.40. The van der Waals surface area contributed by atoms with Crippen LogP contribution in [0, 0.1) is 0 Å². The van der Waals surface area contributed by atoms with Crippen molar-refractivity contribution >= 4 is 16.9 Å². The summed E-state index contributed by atoms with van der Waals surface area (Å²) in [7, 11) is 2.24. The minimum Gasteiger partial charge on any atom is -0.362 e. The molecule has 1 saturated heterocycles. The van der Waals surface area contributed by atoms with E-state index in [2.05, 4.69) is 29.2 Å². The van der Waals surface area contributed by atoms with Crippen LogP contribution in [0.1, 0.15) is 32.6 Å². The van der Waals surface area contributed by atoms with Crippen molar-refractivity contribution in [3.05, 3.63) is 0 Å². The van der Waals surface area contributed by atoms with E-state index in [0.29, 0.717) is 6.04 Å². The van der Waals surface area contributed by atoms with Gasteiger partial charge in [0.2, 0.25) is 0 Å². The number of aliphatic imine (C=N–C) groups is 1. The number of rotatable bonds is 4. The Labute approximate surface area is 103 Å². The van der Waals surface area contributed by atoms with Crippen LogP contribution in [0.15, 0.2) is 4.99 Å². The van der Waals surface area contributed by atoms with Crippen molar-refractivity contribution in [2.24, 2.45) is 4.99 Å². The Balaban J connectivity index is 1.67. The fourth-order valence-corrected chi connectivity index (χ4v) is 3.38. The molecule has 0 amide bonds. The molecule has 0 aromatic heterocycles. The topological polar surface area (TPSA) is 27.6 Å². The van der Waals surface area contributed by atoms with E-state index < -0.39 is 0 Å². The molecule has 2 aliphatic rings. The van der Waals surface area contributed by atoms with Crippen molar-refractivity contribution < 1.29 is 0 Å². The molecule has 92 valence electrons. The van der Waals surface area contributed by atoms with Crippen molar-refractivity contribution in [3.8, 4) is 0 Å². The van der Waals surface area contributed by atoms with E-state index in [1.54, 1.807) is 0 Å². The molecular weight excluding hydrogens is 218 g/mol. The third kappa shape index (κ3) is 3.39. The molecule has 1 heterocycles. The van der Waals surface area contributed by atoms with Crippen LogP contribution >= 0.6 is 11.8 Å². The number of hydrogen-bond acceptors (Lipinski definition) is 3. The van der Waals surface area contributed by atoms with E-state index in [1.165, 1.54) is 25.7 Å². The minimum atomic E-state index is 0.594. The van der Waals surface area contributed by atoms with E-state index >= 15 is 0 Å². The lowest BCUT2D eigenvalue weighted by Gasteiger charge is -2.22. The molecule has 1 aliphatic carbocycles. The molecule has 1 atom stereocenters. The van der Waals surface area contributed by atoms with Gasteiger partial charge in [0.05, 0.1) is 6.54 Å². The molecule has 1 N–H and O–H groups in total. The molecule has 16 heavy (non-hydrogen) atoms. The first-order chi connectivity index (χ1) is 7.75. The second kappa shape index (κ2) is 5.92. The third-order valence-corrected chi connectivity index (χ3v) is 4.68. The highest BCUT2D eigenvalue weighted by Crippen LogP contribution is 2.22. The van der Waals surface area contributed by atoms with Crippen LogP contribution in [-0.4, -0.2) is 48.0 Å². The van der Waals surface area contributed by atoms with Gasteiger partial charge in [0.1, 0.15) is 0 Å². The number of thioether (sulfide) groups is 1. The van der Waals surface area contributed by atoms with Crippen LogP contribution < -0.4 is 5.32 Å². The Morgan fingerprint density at radius 1 is 1.44 bits per heavy atom. The molecule has 2 fully saturated rings. The van der Waals surface area contributed by atoms with Crippen LogP contribution in [0.4, 0.5) is 0 Å². The average molecular weight is 241 g/mol. The largest absolute Gasteiger partial charge is 0.362 e. The summed E-state index contributed by atoms with van der Waals surface area (Å²) in [5.41, 5.74) is 0. The van der Waals surface area contributed by atoms with Gasteiger partial charge in [-0.2, -0.15) is 0 Å². The maximum absolute atomic E-state index is 4.61. The van der Waals surface area contributed by atoms with Crippen molar-refractivity contribution in [2.45, 2.75) is 44.7 Å². The highest BCUT2D eigenvalue weighted by molar-refractivity contribution is 8.14. The summed E-state index contributed by atoms with van der Waals surface area (Å²) in [6.45, 7) is 4.25. The molecule has 1 unspecified atom stereocenters. The smallest absolute Gasteiger partial charge is 0.156 e. The number of hydrogen-bond donors (Lipinski definition) is 1. The second-order valence-electron chi connectivity index (χ2n) is 4.96. The van der Waals surface area contributed by atoms with E-state index in [4.69, 9.17) is 0 Å². The molecule has 1 saturated carbocycles. The maximum atomic E-state index is 4.61. The normalized spacial score (nSPS) is 29.2. The van der Waals surface area contributed by atoms with Gasteiger partial charge < -0.3 is 10.2 Å². The van der Waals surface area contributed by atoms with Gasteiger partial charge in [-0.15, -0.1) is 0 Å². The number of likely N-dealkylation sites (N-methyl/N-ethyl adjacent to an activating group) is 1. The van der Waals surface area contributed by atoms with Crippen molar-refractivity contribution in [3.63, 3.8) is 0 Å². The Morgan fingerprint density at radius 3 is 2.81 bits per heavy atom. The molecule has 4 heteroatoms. The molecule has 0 bridgehead atoms. The van der Waals surface area contributed by atoms with Gasteiger partial charge in [-0.25, -0.2) is 0 Å². The number of nitrogens with one attached hydrogen (secondary N) is 1. The highest BCUT2D eigenvalue weighted by atomic mass is 32.2. The van der Waals surface area contributed by atoms with Gasteiger partial charge in [-0.3, -0.25) is 4.99 Å². The highest BCUT2D eigenvalue weighted by Gasteiger charge is 2.19. The predicted octanol–water partition coefficient (Wildman–Crippen LogP) is 1.94. The van der Waals surface area contributed by atoms with E-state index in [0.717, 1.165) is 30.1 Å². The lowest BCUT2D eigenvalue weighted by Crippen LogP contribution is -2.32. The summed E-state index contributed by atoms with van der Waals surface area (Å²) in [4.78, 5) is 7.10. The number of amidine groups is 1. The summed E-state index contributed by atoms with van der Waals surface area (Å²) >= 11 is 1.85. The SMILES string of the molecule is CC1CSC(=NCCN(C)C2CCCC2)N1. The Bertz CT molecular complexity index is 249. The Kier molecular flexibility index (Phi) is 4.53. The number of nitrogens with zero attached hydrogens (tertiary/aromatic N) is 2. The van der Waals surface area contributed by atoms with Gasteiger partial charge in [0.25, 0.3) is 0 Å². The van der Waals surface area contributed by atoms with Gasteiger partial charge >= 0.3 is 0 Å². The molecular formula is C12H23N3S. The Morgan fingerprint density at radius 2 is 2.19 bits per heavy atom. The summed E-state index contributed by atoms with van der Waals surface area (Å²) in [6.07, 6.45) is 5.60. The molecule has 0 aromatic rings. The fourth-order valence-electron chi connectivity index (χ4n) is 2.43. The molecule has 3 nitrogen and oxygen atoms in total.